The molecule has 130 valence electrons. The molecule has 0 spiro atoms. The van der Waals surface area contributed by atoms with Crippen LogP contribution in [-0.4, -0.2) is 24.3 Å². The molecule has 0 saturated carbocycles. The fourth-order valence-corrected chi connectivity index (χ4v) is 2.24. The summed E-state index contributed by atoms with van der Waals surface area (Å²) in [6.07, 6.45) is 0.487. The van der Waals surface area contributed by atoms with E-state index in [-0.39, 0.29) is 24.1 Å². The summed E-state index contributed by atoms with van der Waals surface area (Å²) in [5.74, 6) is -0.864. The van der Waals surface area contributed by atoms with Crippen molar-refractivity contribution in [2.75, 3.05) is 17.2 Å². The molecule has 0 bridgehead atoms. The van der Waals surface area contributed by atoms with Crippen molar-refractivity contribution in [3.8, 4) is 0 Å². The first-order valence-electron chi connectivity index (χ1n) is 8.01. The van der Waals surface area contributed by atoms with E-state index in [1.54, 1.807) is 24.3 Å². The summed E-state index contributed by atoms with van der Waals surface area (Å²) in [6.45, 7) is 1.91. The van der Waals surface area contributed by atoms with E-state index in [0.717, 1.165) is 12.0 Å². The normalized spacial score (nSPS) is 9.96. The van der Waals surface area contributed by atoms with E-state index >= 15 is 0 Å². The zero-order chi connectivity index (χ0) is 18.1. The summed E-state index contributed by atoms with van der Waals surface area (Å²) < 4.78 is 0. The van der Waals surface area contributed by atoms with Gasteiger partial charge in [-0.15, -0.1) is 0 Å². The van der Waals surface area contributed by atoms with E-state index in [4.69, 9.17) is 0 Å². The van der Waals surface area contributed by atoms with Crippen LogP contribution in [0.2, 0.25) is 0 Å². The Morgan fingerprint density at radius 1 is 0.800 bits per heavy atom. The van der Waals surface area contributed by atoms with Crippen molar-refractivity contribution in [3.05, 3.63) is 60.2 Å². The highest BCUT2D eigenvalue weighted by molar-refractivity contribution is 6.03. The first-order chi connectivity index (χ1) is 12.0. The van der Waals surface area contributed by atoms with Crippen molar-refractivity contribution in [2.45, 2.75) is 19.8 Å². The average molecular weight is 339 g/mol. The van der Waals surface area contributed by atoms with Crippen LogP contribution in [0, 0.1) is 0 Å². The van der Waals surface area contributed by atoms with Gasteiger partial charge in [0.25, 0.3) is 0 Å². The summed E-state index contributed by atoms with van der Waals surface area (Å²) >= 11 is 0. The number of amides is 3. The van der Waals surface area contributed by atoms with E-state index in [0.29, 0.717) is 17.9 Å². The topological polar surface area (TPSA) is 87.3 Å². The van der Waals surface area contributed by atoms with Crippen LogP contribution in [0.4, 0.5) is 11.4 Å². The Morgan fingerprint density at radius 3 is 2.00 bits per heavy atom. The van der Waals surface area contributed by atoms with Crippen LogP contribution >= 0.6 is 0 Å². The molecular formula is C19H21N3O3. The highest BCUT2D eigenvalue weighted by Gasteiger charge is 2.09. The lowest BCUT2D eigenvalue weighted by molar-refractivity contribution is -0.126. The molecular weight excluding hydrogens is 318 g/mol. The fraction of sp³-hybridized carbons (Fsp3) is 0.211. The highest BCUT2D eigenvalue weighted by atomic mass is 16.2. The lowest BCUT2D eigenvalue weighted by atomic mass is 10.1. The zero-order valence-electron chi connectivity index (χ0n) is 14.0. The van der Waals surface area contributed by atoms with Gasteiger partial charge in [-0.25, -0.2) is 0 Å². The number of hydrogen-bond donors (Lipinski definition) is 3. The molecule has 0 aliphatic carbocycles. The number of carbonyl (C=O) groups excluding carboxylic acids is 3. The highest BCUT2D eigenvalue weighted by Crippen LogP contribution is 2.13. The minimum Gasteiger partial charge on any atom is -0.355 e. The average Bonchev–Trinajstić information content (AvgIpc) is 2.57. The van der Waals surface area contributed by atoms with Gasteiger partial charge in [-0.2, -0.15) is 0 Å². The van der Waals surface area contributed by atoms with Gasteiger partial charge in [0.1, 0.15) is 6.42 Å². The molecule has 0 heterocycles. The number of anilines is 2. The maximum atomic E-state index is 11.9. The predicted octanol–water partition coefficient (Wildman–Crippen LogP) is 2.33. The number of rotatable bonds is 7. The Labute approximate surface area is 146 Å². The molecule has 0 aliphatic heterocycles. The van der Waals surface area contributed by atoms with E-state index in [1.165, 1.54) is 6.92 Å². The molecule has 0 aromatic heterocycles. The van der Waals surface area contributed by atoms with Crippen LogP contribution in [0.3, 0.4) is 0 Å². The standard InChI is InChI=1S/C19H21N3O3/c1-14(23)21-16-7-9-17(10-8-16)22-19(25)13-18(24)20-12-11-15-5-3-2-4-6-15/h2-10H,11-13H2,1H3,(H,20,24)(H,21,23)(H,22,25). The van der Waals surface area contributed by atoms with Gasteiger partial charge in [0.2, 0.25) is 17.7 Å². The van der Waals surface area contributed by atoms with Gasteiger partial charge < -0.3 is 16.0 Å². The van der Waals surface area contributed by atoms with Crippen LogP contribution in [0.5, 0.6) is 0 Å². The Kier molecular flexibility index (Phi) is 6.71. The van der Waals surface area contributed by atoms with Crippen molar-refractivity contribution in [1.29, 1.82) is 0 Å². The van der Waals surface area contributed by atoms with Crippen molar-refractivity contribution < 1.29 is 14.4 Å². The molecule has 0 unspecified atom stereocenters. The van der Waals surface area contributed by atoms with Crippen LogP contribution in [0.15, 0.2) is 54.6 Å². The first-order valence-corrected chi connectivity index (χ1v) is 8.01. The second kappa shape index (κ2) is 9.22. The largest absolute Gasteiger partial charge is 0.355 e. The molecule has 0 saturated heterocycles. The van der Waals surface area contributed by atoms with Crippen LogP contribution < -0.4 is 16.0 Å². The van der Waals surface area contributed by atoms with Gasteiger partial charge in [0.15, 0.2) is 0 Å². The van der Waals surface area contributed by atoms with Crippen LogP contribution in [0.1, 0.15) is 18.9 Å². The van der Waals surface area contributed by atoms with Gasteiger partial charge in [0, 0.05) is 24.8 Å². The second-order valence-corrected chi connectivity index (χ2v) is 5.57. The van der Waals surface area contributed by atoms with Crippen LogP contribution in [0.25, 0.3) is 0 Å². The minimum atomic E-state index is -0.385. The summed E-state index contributed by atoms with van der Waals surface area (Å²) in [5.41, 5.74) is 2.34. The maximum Gasteiger partial charge on any atom is 0.233 e. The molecule has 6 nitrogen and oxygen atoms in total. The van der Waals surface area contributed by atoms with Crippen molar-refractivity contribution in [3.63, 3.8) is 0 Å². The Hall–Kier alpha value is -3.15. The summed E-state index contributed by atoms with van der Waals surface area (Å²) in [6, 6.07) is 16.5. The fourth-order valence-electron chi connectivity index (χ4n) is 2.24. The molecule has 0 aliphatic rings. The molecule has 2 aromatic carbocycles. The number of benzene rings is 2. The molecule has 3 amide bonds. The molecule has 2 aromatic rings. The third kappa shape index (κ3) is 6.87. The molecule has 6 heteroatoms. The molecule has 0 atom stereocenters. The minimum absolute atomic E-state index is 0.163. The molecule has 3 N–H and O–H groups in total. The number of nitrogens with one attached hydrogen (secondary N) is 3. The first kappa shape index (κ1) is 18.2. The Bertz CT molecular complexity index is 727. The zero-order valence-corrected chi connectivity index (χ0v) is 14.0. The van der Waals surface area contributed by atoms with E-state index in [2.05, 4.69) is 16.0 Å². The van der Waals surface area contributed by atoms with Crippen LogP contribution in [-0.2, 0) is 20.8 Å². The van der Waals surface area contributed by atoms with Crippen molar-refractivity contribution in [1.82, 2.24) is 5.32 Å². The quantitative estimate of drug-likeness (QED) is 0.677. The second-order valence-electron chi connectivity index (χ2n) is 5.57. The smallest absolute Gasteiger partial charge is 0.233 e. The molecule has 25 heavy (non-hydrogen) atoms. The van der Waals surface area contributed by atoms with Gasteiger partial charge in [-0.3, -0.25) is 14.4 Å². The predicted molar refractivity (Wildman–Crippen MR) is 97.1 cm³/mol. The monoisotopic (exact) mass is 339 g/mol. The molecule has 0 fully saturated rings. The van der Waals surface area contributed by atoms with Crippen molar-refractivity contribution >= 4 is 29.1 Å². The van der Waals surface area contributed by atoms with Crippen molar-refractivity contribution in [2.24, 2.45) is 0 Å². The van der Waals surface area contributed by atoms with Gasteiger partial charge in [0.05, 0.1) is 0 Å². The summed E-state index contributed by atoms with van der Waals surface area (Å²) in [4.78, 5) is 34.6. The van der Waals surface area contributed by atoms with Gasteiger partial charge in [-0.05, 0) is 36.2 Å². The SMILES string of the molecule is CC(=O)Nc1ccc(NC(=O)CC(=O)NCCc2ccccc2)cc1. The third-order valence-corrected chi connectivity index (χ3v) is 3.39. The molecule has 2 rings (SSSR count). The third-order valence-electron chi connectivity index (χ3n) is 3.39. The summed E-state index contributed by atoms with van der Waals surface area (Å²) in [7, 11) is 0. The van der Waals surface area contributed by atoms with E-state index < -0.39 is 0 Å². The maximum absolute atomic E-state index is 11.9. The summed E-state index contributed by atoms with van der Waals surface area (Å²) in [5, 5.41) is 8.02. The lowest BCUT2D eigenvalue weighted by Gasteiger charge is -2.08. The Morgan fingerprint density at radius 2 is 1.40 bits per heavy atom. The number of hydrogen-bond acceptors (Lipinski definition) is 3. The number of carbonyl (C=O) groups is 3. The Balaban J connectivity index is 1.72. The van der Waals surface area contributed by atoms with E-state index in [9.17, 15) is 14.4 Å². The lowest BCUT2D eigenvalue weighted by Crippen LogP contribution is -2.29. The van der Waals surface area contributed by atoms with E-state index in [1.807, 2.05) is 30.3 Å². The van der Waals surface area contributed by atoms with Gasteiger partial charge >= 0.3 is 0 Å². The molecule has 0 radical (unpaired) electrons. The van der Waals surface area contributed by atoms with Gasteiger partial charge in [-0.1, -0.05) is 30.3 Å².